The van der Waals surface area contributed by atoms with Gasteiger partial charge in [0, 0.05) is 25.4 Å². The molecule has 0 aliphatic rings. The van der Waals surface area contributed by atoms with Gasteiger partial charge in [-0.1, -0.05) is 12.1 Å². The largest absolute Gasteiger partial charge is 0.305 e. The van der Waals surface area contributed by atoms with Crippen LogP contribution in [-0.2, 0) is 14.1 Å². The Morgan fingerprint density at radius 2 is 2.06 bits per heavy atom. The predicted octanol–water partition coefficient (Wildman–Crippen LogP) is 0.946. The van der Waals surface area contributed by atoms with Crippen molar-refractivity contribution in [1.82, 2.24) is 30.1 Å². The molecule has 1 N–H and O–H groups in total. The third kappa shape index (κ3) is 2.28. The van der Waals surface area contributed by atoms with Crippen molar-refractivity contribution in [3.05, 3.63) is 29.3 Å². The topological polar surface area (TPSA) is 60.6 Å². The van der Waals surface area contributed by atoms with E-state index in [-0.39, 0.29) is 6.04 Å². The first-order valence-electron chi connectivity index (χ1n) is 6.21. The van der Waals surface area contributed by atoms with Crippen molar-refractivity contribution in [2.45, 2.75) is 26.3 Å². The molecule has 1 atom stereocenters. The predicted molar refractivity (Wildman–Crippen MR) is 69.1 cm³/mol. The molecule has 2 rings (SSSR count). The van der Waals surface area contributed by atoms with Crippen LogP contribution >= 0.6 is 0 Å². The van der Waals surface area contributed by atoms with E-state index >= 15 is 0 Å². The molecular formula is C12H20N6. The molecule has 98 valence electrons. The van der Waals surface area contributed by atoms with Crippen molar-refractivity contribution in [2.75, 3.05) is 6.54 Å². The van der Waals surface area contributed by atoms with Gasteiger partial charge in [-0.2, -0.15) is 5.10 Å². The fraction of sp³-hybridized carbons (Fsp3) is 0.583. The molecule has 6 heteroatoms. The van der Waals surface area contributed by atoms with E-state index in [0.717, 1.165) is 24.4 Å². The zero-order valence-electron chi connectivity index (χ0n) is 11.4. The molecule has 0 aliphatic carbocycles. The lowest BCUT2D eigenvalue weighted by atomic mass is 10.1. The van der Waals surface area contributed by atoms with E-state index in [2.05, 4.69) is 34.6 Å². The van der Waals surface area contributed by atoms with E-state index in [1.165, 1.54) is 5.56 Å². The quantitative estimate of drug-likeness (QED) is 0.855. The van der Waals surface area contributed by atoms with Crippen molar-refractivity contribution in [3.8, 4) is 0 Å². The molecule has 18 heavy (non-hydrogen) atoms. The summed E-state index contributed by atoms with van der Waals surface area (Å²) in [4.78, 5) is 0. The van der Waals surface area contributed by atoms with E-state index in [1.54, 1.807) is 10.9 Å². The van der Waals surface area contributed by atoms with Crippen LogP contribution in [0.4, 0.5) is 0 Å². The summed E-state index contributed by atoms with van der Waals surface area (Å²) in [6, 6.07) is 0.0960. The van der Waals surface area contributed by atoms with Crippen LogP contribution in [0.1, 0.15) is 36.3 Å². The number of hydrogen-bond donors (Lipinski definition) is 1. The van der Waals surface area contributed by atoms with E-state index in [4.69, 9.17) is 0 Å². The van der Waals surface area contributed by atoms with Gasteiger partial charge in [-0.3, -0.25) is 9.36 Å². The fourth-order valence-corrected chi connectivity index (χ4v) is 2.02. The van der Waals surface area contributed by atoms with Crippen molar-refractivity contribution in [2.24, 2.45) is 14.1 Å². The highest BCUT2D eigenvalue weighted by Gasteiger charge is 2.21. The molecule has 0 radical (unpaired) electrons. The number of aryl methyl sites for hydroxylation is 2. The fourth-order valence-electron chi connectivity index (χ4n) is 2.02. The van der Waals surface area contributed by atoms with Crippen molar-refractivity contribution < 1.29 is 0 Å². The number of hydrogen-bond acceptors (Lipinski definition) is 4. The highest BCUT2D eigenvalue weighted by molar-refractivity contribution is 5.28. The SMILES string of the molecule is CCCNC(c1cnn(C)c1C)c1cnnn1C. The third-order valence-corrected chi connectivity index (χ3v) is 3.23. The minimum absolute atomic E-state index is 0.0960. The van der Waals surface area contributed by atoms with Gasteiger partial charge in [0.05, 0.1) is 24.1 Å². The monoisotopic (exact) mass is 248 g/mol. The minimum Gasteiger partial charge on any atom is -0.305 e. The van der Waals surface area contributed by atoms with Gasteiger partial charge in [0.15, 0.2) is 0 Å². The van der Waals surface area contributed by atoms with Crippen molar-refractivity contribution in [3.63, 3.8) is 0 Å². The molecule has 2 aromatic rings. The molecule has 0 fully saturated rings. The highest BCUT2D eigenvalue weighted by atomic mass is 15.4. The van der Waals surface area contributed by atoms with Gasteiger partial charge in [-0.15, -0.1) is 5.10 Å². The zero-order valence-corrected chi connectivity index (χ0v) is 11.4. The molecule has 2 aromatic heterocycles. The summed E-state index contributed by atoms with van der Waals surface area (Å²) in [6.45, 7) is 5.18. The number of nitrogens with one attached hydrogen (secondary N) is 1. The van der Waals surface area contributed by atoms with Gasteiger partial charge in [0.2, 0.25) is 0 Å². The first-order valence-corrected chi connectivity index (χ1v) is 6.21. The summed E-state index contributed by atoms with van der Waals surface area (Å²) < 4.78 is 3.69. The summed E-state index contributed by atoms with van der Waals surface area (Å²) in [6.07, 6.45) is 4.80. The summed E-state index contributed by atoms with van der Waals surface area (Å²) in [5, 5.41) is 15.8. The molecule has 1 unspecified atom stereocenters. The lowest BCUT2D eigenvalue weighted by molar-refractivity contribution is 0.548. The van der Waals surface area contributed by atoms with Gasteiger partial charge in [-0.25, -0.2) is 0 Å². The molecule has 0 aliphatic heterocycles. The molecule has 2 heterocycles. The minimum atomic E-state index is 0.0960. The lowest BCUT2D eigenvalue weighted by Gasteiger charge is -2.18. The maximum absolute atomic E-state index is 4.31. The average molecular weight is 248 g/mol. The normalized spacial score (nSPS) is 12.9. The van der Waals surface area contributed by atoms with Crippen LogP contribution in [0.5, 0.6) is 0 Å². The van der Waals surface area contributed by atoms with Crippen LogP contribution in [-0.4, -0.2) is 31.3 Å². The Labute approximate surface area is 107 Å². The number of aromatic nitrogens is 5. The van der Waals surface area contributed by atoms with Crippen molar-refractivity contribution >= 4 is 0 Å². The zero-order chi connectivity index (χ0) is 13.1. The van der Waals surface area contributed by atoms with Gasteiger partial charge < -0.3 is 5.32 Å². The Bertz CT molecular complexity index is 512. The van der Waals surface area contributed by atoms with Gasteiger partial charge in [0.1, 0.15) is 0 Å². The molecule has 0 aromatic carbocycles. The Hall–Kier alpha value is -1.69. The average Bonchev–Trinajstić information content (AvgIpc) is 2.91. The second-order valence-electron chi connectivity index (χ2n) is 4.48. The van der Waals surface area contributed by atoms with Crippen LogP contribution in [0.3, 0.4) is 0 Å². The van der Waals surface area contributed by atoms with Crippen LogP contribution < -0.4 is 5.32 Å². The second kappa shape index (κ2) is 5.30. The smallest absolute Gasteiger partial charge is 0.0799 e. The van der Waals surface area contributed by atoms with Gasteiger partial charge in [0.25, 0.3) is 0 Å². The van der Waals surface area contributed by atoms with Gasteiger partial charge >= 0.3 is 0 Å². The highest BCUT2D eigenvalue weighted by Crippen LogP contribution is 2.23. The number of rotatable bonds is 5. The standard InChI is InChI=1S/C12H20N6/c1-5-6-13-12(11-8-14-16-18(11)4)10-7-15-17(3)9(10)2/h7-8,12-13H,5-6H2,1-4H3. The van der Waals surface area contributed by atoms with Crippen LogP contribution in [0.25, 0.3) is 0 Å². The van der Waals surface area contributed by atoms with E-state index in [9.17, 15) is 0 Å². The molecule has 0 amide bonds. The van der Waals surface area contributed by atoms with Gasteiger partial charge in [-0.05, 0) is 19.9 Å². The van der Waals surface area contributed by atoms with Crippen LogP contribution in [0, 0.1) is 6.92 Å². The van der Waals surface area contributed by atoms with E-state index in [1.807, 2.05) is 25.0 Å². The maximum atomic E-state index is 4.31. The first kappa shape index (κ1) is 12.8. The molecule has 6 nitrogen and oxygen atoms in total. The van der Waals surface area contributed by atoms with E-state index < -0.39 is 0 Å². The molecule has 0 saturated carbocycles. The Kier molecular flexibility index (Phi) is 3.76. The van der Waals surface area contributed by atoms with Crippen molar-refractivity contribution in [1.29, 1.82) is 0 Å². The summed E-state index contributed by atoms with van der Waals surface area (Å²) in [5.41, 5.74) is 3.39. The molecule has 0 bridgehead atoms. The Morgan fingerprint density at radius 3 is 2.56 bits per heavy atom. The summed E-state index contributed by atoms with van der Waals surface area (Å²) >= 11 is 0. The Balaban J connectivity index is 2.37. The third-order valence-electron chi connectivity index (χ3n) is 3.23. The lowest BCUT2D eigenvalue weighted by Crippen LogP contribution is -2.25. The number of nitrogens with zero attached hydrogens (tertiary/aromatic N) is 5. The Morgan fingerprint density at radius 1 is 1.28 bits per heavy atom. The molecular weight excluding hydrogens is 228 g/mol. The van der Waals surface area contributed by atoms with E-state index in [0.29, 0.717) is 0 Å². The maximum Gasteiger partial charge on any atom is 0.0799 e. The summed E-state index contributed by atoms with van der Waals surface area (Å²) in [7, 11) is 3.87. The second-order valence-corrected chi connectivity index (χ2v) is 4.48. The van der Waals surface area contributed by atoms with Crippen LogP contribution in [0.2, 0.25) is 0 Å². The first-order chi connectivity index (χ1) is 8.65. The van der Waals surface area contributed by atoms with Crippen LogP contribution in [0.15, 0.2) is 12.4 Å². The summed E-state index contributed by atoms with van der Waals surface area (Å²) in [5.74, 6) is 0. The molecule has 0 spiro atoms. The molecule has 0 saturated heterocycles.